The molecular weight excluding hydrogens is 1060 g/mol. The highest BCUT2D eigenvalue weighted by atomic mass is 28.6. The lowest BCUT2D eigenvalue weighted by atomic mass is 10.5. The van der Waals surface area contributed by atoms with E-state index in [2.05, 4.69) is 0 Å². The van der Waals surface area contributed by atoms with Gasteiger partial charge in [-0.05, 0) is 0 Å². The fraction of sp³-hybridized carbons (Fsp3) is 0.750. The molecule has 6 fully saturated rings. The Hall–Kier alpha value is -2.98. The van der Waals surface area contributed by atoms with E-state index in [1.54, 1.807) is 0 Å². The van der Waals surface area contributed by atoms with E-state index in [-0.39, 0.29) is 0 Å². The first-order valence-corrected chi connectivity index (χ1v) is 36.5. The molecule has 6 heterocycles. The average Bonchev–Trinajstić information content (AvgIpc) is 3.30. The Morgan fingerprint density at radius 2 is 0.309 bits per heavy atom. The van der Waals surface area contributed by atoms with Gasteiger partial charge in [-0.1, -0.05) is 0 Å². The van der Waals surface area contributed by atoms with E-state index in [1.807, 2.05) is 0 Å². The topological polar surface area (TPSA) is 321 Å². The van der Waals surface area contributed by atoms with Crippen molar-refractivity contribution in [2.24, 2.45) is 0 Å². The van der Waals surface area contributed by atoms with Crippen molar-refractivity contribution in [3.63, 3.8) is 0 Å². The number of methoxy groups -OCH3 is 8. The normalized spacial score (nSPS) is 33.3. The van der Waals surface area contributed by atoms with Crippen LogP contribution in [0.15, 0.2) is 0 Å². The van der Waals surface area contributed by atoms with E-state index >= 15 is 0 Å². The molecule has 0 saturated carbocycles. The number of rotatable bonds is 24. The minimum atomic E-state index is -5.05. The van der Waals surface area contributed by atoms with Crippen LogP contribution in [0.1, 0.15) is 51.4 Å². The summed E-state index contributed by atoms with van der Waals surface area (Å²) in [6, 6.07) is -4.20. The standard InChI is InChI=1S/C32H56O28Si8/c1-41-25(33)9-17-61-49-62(18-10-26(34)42-2)52-65(21-13-29(37)45-5)54-63(50-61,19-11-27(35)43-3)56-67(23-15-31(39)47-7)57-64(51-61,20-12-28(36)44-4)55-66(53-62,22-14-30(38)46-6)59-68(58-65,60-67)24-16-32(40)48-8/h9-24H2,1-8H3. The molecule has 0 aromatic carbocycles. The molecule has 8 bridgehead atoms. The molecule has 0 N–H and O–H groups in total. The molecule has 28 nitrogen and oxygen atoms in total. The van der Waals surface area contributed by atoms with Gasteiger partial charge in [0.25, 0.3) is 0 Å². The van der Waals surface area contributed by atoms with Crippen LogP contribution in [0.3, 0.4) is 0 Å². The Kier molecular flexibility index (Phi) is 19.0. The molecule has 0 amide bonds. The molecule has 0 atom stereocenters. The molecule has 0 unspecified atom stereocenters. The second-order valence-corrected chi connectivity index (χ2v) is 40.0. The fourth-order valence-electron chi connectivity index (χ4n) is 7.43. The molecule has 0 aromatic heterocycles. The van der Waals surface area contributed by atoms with Crippen molar-refractivity contribution in [3.05, 3.63) is 0 Å². The first kappa shape index (κ1) is 55.9. The van der Waals surface area contributed by atoms with E-state index in [1.165, 1.54) is 0 Å². The molecular formula is C32H56O28Si8. The average molecular weight is 1110 g/mol. The Labute approximate surface area is 399 Å². The van der Waals surface area contributed by atoms with Gasteiger partial charge >= 0.3 is 118 Å². The fourth-order valence-corrected chi connectivity index (χ4v) is 57.1. The van der Waals surface area contributed by atoms with Gasteiger partial charge in [0.15, 0.2) is 0 Å². The van der Waals surface area contributed by atoms with E-state index in [0.717, 1.165) is 56.9 Å². The van der Waals surface area contributed by atoms with Crippen LogP contribution in [0.5, 0.6) is 0 Å². The minimum Gasteiger partial charge on any atom is -0.469 e. The van der Waals surface area contributed by atoms with Crippen molar-refractivity contribution < 1.29 is 126 Å². The van der Waals surface area contributed by atoms with E-state index in [4.69, 9.17) is 87.3 Å². The molecule has 0 radical (unpaired) electrons. The van der Waals surface area contributed by atoms with Crippen LogP contribution in [-0.4, -0.2) is 175 Å². The van der Waals surface area contributed by atoms with Gasteiger partial charge in [0, 0.05) is 99.7 Å². The van der Waals surface area contributed by atoms with Crippen LogP contribution in [0.4, 0.5) is 0 Å². The number of hydrogen-bond acceptors (Lipinski definition) is 28. The summed E-state index contributed by atoms with van der Waals surface area (Å²) in [5.74, 6) is -6.42. The lowest BCUT2D eigenvalue weighted by Gasteiger charge is -2.63. The lowest BCUT2D eigenvalue weighted by molar-refractivity contribution is -0.141. The highest BCUT2D eigenvalue weighted by molar-refractivity contribution is 7.03. The summed E-state index contributed by atoms with van der Waals surface area (Å²) in [5.41, 5.74) is 0. The zero-order valence-corrected chi connectivity index (χ0v) is 46.7. The van der Waals surface area contributed by atoms with Crippen LogP contribution in [-0.2, 0) is 126 Å². The first-order chi connectivity index (χ1) is 32.1. The maximum atomic E-state index is 13.1. The van der Waals surface area contributed by atoms with Crippen molar-refractivity contribution in [2.45, 2.75) is 99.7 Å². The van der Waals surface area contributed by atoms with Gasteiger partial charge in [0.1, 0.15) is 0 Å². The number of ether oxygens (including phenoxy) is 8. The Bertz CT molecular complexity index is 1440. The highest BCUT2D eigenvalue weighted by Crippen LogP contribution is 2.55. The molecule has 0 spiro atoms. The predicted octanol–water partition coefficient (Wildman–Crippen LogP) is 0.270. The van der Waals surface area contributed by atoms with Gasteiger partial charge < -0.3 is 87.3 Å². The summed E-state index contributed by atoms with van der Waals surface area (Å²) >= 11 is 0. The van der Waals surface area contributed by atoms with Gasteiger partial charge in [-0.15, -0.1) is 0 Å². The summed E-state index contributed by atoms with van der Waals surface area (Å²) in [6.45, 7) is 0. The third kappa shape index (κ3) is 13.7. The lowest BCUT2D eigenvalue weighted by Crippen LogP contribution is -2.88. The summed E-state index contributed by atoms with van der Waals surface area (Å²) in [5, 5.41) is 0. The number of esters is 8. The highest BCUT2D eigenvalue weighted by Gasteiger charge is 2.83. The SMILES string of the molecule is COC(=O)CC[Si]12O[Si]3(CCC(=O)OC)O[Si]4(CCC(=O)OC)O[Si](CCC(=O)OC)(O1)O[Si]1(CCC(=O)OC)O[Si](CCC(=O)OC)(O2)O[Si](CCC(=O)OC)(O3)O[Si](CCC(=O)OC)(O4)O1. The number of hydrogen-bond donors (Lipinski definition) is 0. The smallest absolute Gasteiger partial charge is 0.469 e. The minimum absolute atomic E-state index is 0.513. The summed E-state index contributed by atoms with van der Waals surface area (Å²) < 4.78 is 126. The third-order valence-electron chi connectivity index (χ3n) is 10.6. The van der Waals surface area contributed by atoms with Gasteiger partial charge in [-0.2, -0.15) is 0 Å². The zero-order chi connectivity index (χ0) is 50.1. The van der Waals surface area contributed by atoms with Crippen molar-refractivity contribution in [1.82, 2.24) is 0 Å². The van der Waals surface area contributed by atoms with E-state index in [0.29, 0.717) is 0 Å². The number of carbonyl (C=O) groups excluding carboxylic acids is 8. The summed E-state index contributed by atoms with van der Waals surface area (Å²) in [7, 11) is -31.4. The second-order valence-electron chi connectivity index (χ2n) is 15.3. The Morgan fingerprint density at radius 3 is 0.382 bits per heavy atom. The maximum absolute atomic E-state index is 13.1. The maximum Gasteiger partial charge on any atom is 0.479 e. The van der Waals surface area contributed by atoms with Gasteiger partial charge in [0.2, 0.25) is 0 Å². The predicted molar refractivity (Wildman–Crippen MR) is 231 cm³/mol. The zero-order valence-electron chi connectivity index (χ0n) is 38.7. The molecule has 6 saturated heterocycles. The Balaban J connectivity index is 1.99. The van der Waals surface area contributed by atoms with E-state index in [9.17, 15) is 38.4 Å². The monoisotopic (exact) mass is 1110 g/mol. The van der Waals surface area contributed by atoms with Crippen LogP contribution < -0.4 is 0 Å². The van der Waals surface area contributed by atoms with Crippen LogP contribution >= 0.6 is 0 Å². The van der Waals surface area contributed by atoms with Crippen LogP contribution in [0, 0.1) is 0 Å². The van der Waals surface area contributed by atoms with Crippen LogP contribution in [0.2, 0.25) is 48.4 Å². The molecule has 0 aromatic rings. The van der Waals surface area contributed by atoms with Crippen molar-refractivity contribution >= 4 is 118 Å². The molecule has 6 aliphatic heterocycles. The molecule has 68 heavy (non-hydrogen) atoms. The summed E-state index contributed by atoms with van der Waals surface area (Å²) in [4.78, 5) is 105. The summed E-state index contributed by atoms with van der Waals surface area (Å²) in [6.07, 6.45) is -4.10. The largest absolute Gasteiger partial charge is 0.479 e. The number of carbonyl (C=O) groups is 8. The molecule has 36 heteroatoms. The molecule has 384 valence electrons. The third-order valence-corrected chi connectivity index (χ3v) is 47.4. The van der Waals surface area contributed by atoms with Crippen molar-refractivity contribution in [2.75, 3.05) is 56.9 Å². The molecule has 6 aliphatic rings. The van der Waals surface area contributed by atoms with Gasteiger partial charge in [-0.3, -0.25) is 38.4 Å². The van der Waals surface area contributed by atoms with Crippen LogP contribution in [0.25, 0.3) is 0 Å². The quantitative estimate of drug-likeness (QED) is 0.0711. The van der Waals surface area contributed by atoms with Crippen molar-refractivity contribution in [1.29, 1.82) is 0 Å². The van der Waals surface area contributed by atoms with E-state index < -0.39 is 218 Å². The molecule has 0 aliphatic carbocycles. The Morgan fingerprint density at radius 1 is 0.221 bits per heavy atom. The first-order valence-electron chi connectivity index (χ1n) is 21.1. The molecule has 6 rings (SSSR count). The van der Waals surface area contributed by atoms with Gasteiger partial charge in [0.05, 0.1) is 56.9 Å². The van der Waals surface area contributed by atoms with Crippen molar-refractivity contribution in [3.8, 4) is 0 Å². The van der Waals surface area contributed by atoms with Gasteiger partial charge in [-0.25, -0.2) is 0 Å². The second kappa shape index (κ2) is 23.0.